The molecule has 8 nitrogen and oxygen atoms in total. The lowest BCUT2D eigenvalue weighted by Gasteiger charge is -2.28. The number of thiophene rings is 1. The van der Waals surface area contributed by atoms with Crippen molar-refractivity contribution in [2.45, 2.75) is 22.6 Å². The minimum absolute atomic E-state index is 0.0558. The quantitative estimate of drug-likeness (QED) is 0.561. The summed E-state index contributed by atoms with van der Waals surface area (Å²) in [5.74, 6) is 0. The fraction of sp³-hybridized carbons (Fsp3) is 0.636. The van der Waals surface area contributed by atoms with Crippen molar-refractivity contribution in [2.24, 2.45) is 0 Å². The number of sulfonamides is 1. The molecule has 1 aliphatic rings. The van der Waals surface area contributed by atoms with E-state index in [9.17, 15) is 18.5 Å². The van der Waals surface area contributed by atoms with E-state index in [4.69, 9.17) is 4.74 Å². The van der Waals surface area contributed by atoms with Crippen LogP contribution in [0.2, 0.25) is 0 Å². The zero-order valence-corrected chi connectivity index (χ0v) is 13.1. The predicted molar refractivity (Wildman–Crippen MR) is 78.0 cm³/mol. The van der Waals surface area contributed by atoms with Gasteiger partial charge >= 0.3 is 5.00 Å². The number of nitrogens with one attached hydrogen (secondary N) is 2. The largest absolute Gasteiger partial charge is 0.383 e. The minimum atomic E-state index is -3.75. The number of hydrogen-bond donors (Lipinski definition) is 2. The van der Waals surface area contributed by atoms with Gasteiger partial charge in [-0.1, -0.05) is 0 Å². The van der Waals surface area contributed by atoms with E-state index in [2.05, 4.69) is 10.0 Å². The summed E-state index contributed by atoms with van der Waals surface area (Å²) >= 11 is 0.641. The molecule has 0 aromatic carbocycles. The Kier molecular flexibility index (Phi) is 4.94. The lowest BCUT2D eigenvalue weighted by Crippen LogP contribution is -2.52. The third-order valence-electron chi connectivity index (χ3n) is 3.37. The first kappa shape index (κ1) is 16.3. The molecule has 1 saturated heterocycles. The second kappa shape index (κ2) is 6.36. The number of nitrogens with zero attached hydrogens (tertiary/aromatic N) is 1. The SMILES string of the molecule is COCC1(CNS(=O)(=O)c2ccc([N+](=O)[O-])s2)CCCN1. The Bertz CT molecular complexity index is 607. The number of ether oxygens (including phenoxy) is 1. The van der Waals surface area contributed by atoms with Crippen LogP contribution in [-0.4, -0.2) is 45.7 Å². The highest BCUT2D eigenvalue weighted by atomic mass is 32.2. The molecule has 0 amide bonds. The highest BCUT2D eigenvalue weighted by Gasteiger charge is 2.35. The van der Waals surface area contributed by atoms with Gasteiger partial charge in [0.1, 0.15) is 4.21 Å². The summed E-state index contributed by atoms with van der Waals surface area (Å²) in [4.78, 5) is 10.0. The molecule has 0 radical (unpaired) electrons. The van der Waals surface area contributed by atoms with Gasteiger partial charge in [0.15, 0.2) is 0 Å². The van der Waals surface area contributed by atoms with Gasteiger partial charge in [0.25, 0.3) is 0 Å². The molecular formula is C11H17N3O5S2. The van der Waals surface area contributed by atoms with Crippen molar-refractivity contribution < 1.29 is 18.1 Å². The molecule has 1 aromatic rings. The first-order valence-electron chi connectivity index (χ1n) is 6.36. The van der Waals surface area contributed by atoms with E-state index in [1.165, 1.54) is 12.1 Å². The fourth-order valence-corrected chi connectivity index (χ4v) is 4.61. The van der Waals surface area contributed by atoms with Crippen LogP contribution in [0.15, 0.2) is 16.3 Å². The van der Waals surface area contributed by atoms with E-state index in [1.807, 2.05) is 0 Å². The van der Waals surface area contributed by atoms with E-state index >= 15 is 0 Å². The molecule has 118 valence electrons. The van der Waals surface area contributed by atoms with Crippen molar-refractivity contribution >= 4 is 26.4 Å². The second-order valence-corrected chi connectivity index (χ2v) is 7.97. The van der Waals surface area contributed by atoms with Crippen molar-refractivity contribution in [1.82, 2.24) is 10.0 Å². The van der Waals surface area contributed by atoms with Crippen molar-refractivity contribution in [1.29, 1.82) is 0 Å². The third kappa shape index (κ3) is 3.77. The zero-order valence-electron chi connectivity index (χ0n) is 11.5. The van der Waals surface area contributed by atoms with Gasteiger partial charge in [-0.2, -0.15) is 0 Å². The maximum atomic E-state index is 12.2. The summed E-state index contributed by atoms with van der Waals surface area (Å²) in [6.07, 6.45) is 1.77. The lowest BCUT2D eigenvalue weighted by molar-refractivity contribution is -0.380. The van der Waals surface area contributed by atoms with Gasteiger partial charge in [-0.05, 0) is 36.8 Å². The number of hydrogen-bond acceptors (Lipinski definition) is 7. The van der Waals surface area contributed by atoms with E-state index in [1.54, 1.807) is 7.11 Å². The van der Waals surface area contributed by atoms with Crippen LogP contribution in [0.5, 0.6) is 0 Å². The van der Waals surface area contributed by atoms with Crippen molar-refractivity contribution in [3.8, 4) is 0 Å². The summed E-state index contributed by atoms with van der Waals surface area (Å²) in [5, 5.41) is 13.7. The first-order chi connectivity index (χ1) is 9.88. The molecule has 0 aliphatic carbocycles. The summed E-state index contributed by atoms with van der Waals surface area (Å²) in [5.41, 5.74) is -0.412. The van der Waals surface area contributed by atoms with Crippen LogP contribution in [0.3, 0.4) is 0 Å². The minimum Gasteiger partial charge on any atom is -0.383 e. The van der Waals surface area contributed by atoms with Gasteiger partial charge in [-0.15, -0.1) is 0 Å². The molecule has 2 N–H and O–H groups in total. The maximum Gasteiger partial charge on any atom is 0.325 e. The molecule has 0 bridgehead atoms. The van der Waals surface area contributed by atoms with Gasteiger partial charge in [0.05, 0.1) is 17.1 Å². The molecule has 21 heavy (non-hydrogen) atoms. The van der Waals surface area contributed by atoms with Gasteiger partial charge in [0.2, 0.25) is 10.0 Å². The van der Waals surface area contributed by atoms with Gasteiger partial charge < -0.3 is 10.1 Å². The van der Waals surface area contributed by atoms with Crippen LogP contribution in [0.25, 0.3) is 0 Å². The van der Waals surface area contributed by atoms with Crippen molar-refractivity contribution in [3.63, 3.8) is 0 Å². The van der Waals surface area contributed by atoms with Crippen LogP contribution in [0.4, 0.5) is 5.00 Å². The third-order valence-corrected chi connectivity index (χ3v) is 6.30. The van der Waals surface area contributed by atoms with Gasteiger partial charge in [-0.25, -0.2) is 13.1 Å². The topological polar surface area (TPSA) is 111 Å². The van der Waals surface area contributed by atoms with Crippen LogP contribution < -0.4 is 10.0 Å². The summed E-state index contributed by atoms with van der Waals surface area (Å²) < 4.78 is 32.0. The first-order valence-corrected chi connectivity index (χ1v) is 8.66. The number of nitro groups is 1. The van der Waals surface area contributed by atoms with Crippen molar-refractivity contribution in [2.75, 3.05) is 26.8 Å². The highest BCUT2D eigenvalue weighted by Crippen LogP contribution is 2.28. The standard InChI is InChI=1S/C11H17N3O5S2/c1-19-8-11(5-2-6-12-11)7-13-21(17,18)10-4-3-9(20-10)14(15)16/h3-4,12-13H,2,5-8H2,1H3. The van der Waals surface area contributed by atoms with Gasteiger partial charge in [0, 0.05) is 19.7 Å². The fourth-order valence-electron chi connectivity index (χ4n) is 2.33. The molecule has 1 aliphatic heterocycles. The second-order valence-electron chi connectivity index (χ2n) is 4.92. The summed E-state index contributed by atoms with van der Waals surface area (Å²) in [6, 6.07) is 2.44. The number of methoxy groups -OCH3 is 1. The van der Waals surface area contributed by atoms with Crippen LogP contribution in [0.1, 0.15) is 12.8 Å². The number of rotatable bonds is 7. The van der Waals surface area contributed by atoms with Crippen LogP contribution >= 0.6 is 11.3 Å². The Hall–Kier alpha value is -1.07. The molecule has 1 unspecified atom stereocenters. The van der Waals surface area contributed by atoms with E-state index < -0.39 is 20.5 Å². The lowest BCUT2D eigenvalue weighted by atomic mass is 9.99. The normalized spacial score (nSPS) is 22.5. The molecule has 2 rings (SSSR count). The summed E-state index contributed by atoms with van der Waals surface area (Å²) in [7, 11) is -2.18. The van der Waals surface area contributed by atoms with Crippen LogP contribution in [-0.2, 0) is 14.8 Å². The molecule has 10 heteroatoms. The Morgan fingerprint density at radius 1 is 1.57 bits per heavy atom. The van der Waals surface area contributed by atoms with Crippen molar-refractivity contribution in [3.05, 3.63) is 22.2 Å². The predicted octanol–water partition coefficient (Wildman–Crippen LogP) is 0.703. The smallest absolute Gasteiger partial charge is 0.325 e. The molecule has 2 heterocycles. The Balaban J connectivity index is 2.08. The molecule has 1 aromatic heterocycles. The Labute approximate surface area is 126 Å². The average molecular weight is 335 g/mol. The Morgan fingerprint density at radius 3 is 2.86 bits per heavy atom. The average Bonchev–Trinajstić information content (AvgIpc) is 3.07. The van der Waals surface area contributed by atoms with E-state index in [-0.39, 0.29) is 15.8 Å². The van der Waals surface area contributed by atoms with E-state index in [0.29, 0.717) is 17.9 Å². The molecule has 1 atom stereocenters. The molecule has 1 fully saturated rings. The molecule has 0 saturated carbocycles. The Morgan fingerprint density at radius 2 is 2.33 bits per heavy atom. The van der Waals surface area contributed by atoms with E-state index in [0.717, 1.165) is 19.4 Å². The zero-order chi connectivity index (χ0) is 15.5. The summed E-state index contributed by atoms with van der Waals surface area (Å²) in [6.45, 7) is 1.41. The van der Waals surface area contributed by atoms with Crippen LogP contribution in [0, 0.1) is 10.1 Å². The monoisotopic (exact) mass is 335 g/mol. The molecule has 0 spiro atoms. The van der Waals surface area contributed by atoms with Gasteiger partial charge in [-0.3, -0.25) is 10.1 Å². The molecular weight excluding hydrogens is 318 g/mol. The maximum absolute atomic E-state index is 12.2. The highest BCUT2D eigenvalue weighted by molar-refractivity contribution is 7.91.